The van der Waals surface area contributed by atoms with Crippen LogP contribution in [0.3, 0.4) is 0 Å². The van der Waals surface area contributed by atoms with Gasteiger partial charge in [0, 0.05) is 0 Å². The smallest absolute Gasteiger partial charge is 0.313 e. The van der Waals surface area contributed by atoms with Crippen LogP contribution in [0.25, 0.3) is 0 Å². The number of hydrogen-bond donors (Lipinski definition) is 1. The van der Waals surface area contributed by atoms with Gasteiger partial charge in [-0.2, -0.15) is 0 Å². The summed E-state index contributed by atoms with van der Waals surface area (Å²) in [6.07, 6.45) is -0.0475. The van der Waals surface area contributed by atoms with Crippen LogP contribution in [0.2, 0.25) is 0 Å². The lowest BCUT2D eigenvalue weighted by molar-refractivity contribution is -0.148. The van der Waals surface area contributed by atoms with Gasteiger partial charge in [0.05, 0.1) is 12.0 Å². The van der Waals surface area contributed by atoms with Crippen LogP contribution in [0, 0.1) is 0 Å². The molecule has 0 heterocycles. The number of carbonyl (C=O) groups is 1. The molecule has 0 saturated carbocycles. The van der Waals surface area contributed by atoms with Crippen molar-refractivity contribution in [1.29, 1.82) is 0 Å². The molecule has 3 nitrogen and oxygen atoms in total. The average molecular weight is 209 g/mol. The maximum absolute atomic E-state index is 11.5. The van der Waals surface area contributed by atoms with E-state index in [1.807, 2.05) is 51.1 Å². The van der Waals surface area contributed by atoms with Gasteiger partial charge in [0.1, 0.15) is 0 Å². The third kappa shape index (κ3) is 4.13. The van der Waals surface area contributed by atoms with E-state index < -0.39 is 0 Å². The monoisotopic (exact) mass is 209 g/mol. The number of esters is 1. The molecule has 15 heavy (non-hydrogen) atoms. The lowest BCUT2D eigenvalue weighted by Crippen LogP contribution is -2.17. The highest BCUT2D eigenvalue weighted by Crippen LogP contribution is 2.16. The molecule has 0 fully saturated rings. The second kappa shape index (κ2) is 6.19. The van der Waals surface area contributed by atoms with Gasteiger partial charge >= 0.3 is 5.97 Å². The number of carbonyl (C=O) groups excluding carboxylic acids is 1. The first kappa shape index (κ1) is 13.7. The molecule has 1 atom stereocenters. The highest BCUT2D eigenvalue weighted by Gasteiger charge is 2.16. The Bertz CT molecular complexity index is 296. The zero-order valence-electron chi connectivity index (χ0n) is 9.57. The van der Waals surface area contributed by atoms with E-state index in [0.717, 1.165) is 5.56 Å². The van der Waals surface area contributed by atoms with E-state index in [9.17, 15) is 4.79 Å². The van der Waals surface area contributed by atoms with Crippen molar-refractivity contribution in [2.75, 3.05) is 0 Å². The maximum Gasteiger partial charge on any atom is 0.313 e. The summed E-state index contributed by atoms with van der Waals surface area (Å²) in [6, 6.07) is 9.66. The summed E-state index contributed by atoms with van der Waals surface area (Å²) in [7, 11) is 0. The molecule has 3 N–H and O–H groups in total. The van der Waals surface area contributed by atoms with Crippen LogP contribution in [0.5, 0.6) is 0 Å². The SMILES string of the molecule is CC(C)OC(=O)C(C)c1ccccc1.N. The molecule has 1 rings (SSSR count). The van der Waals surface area contributed by atoms with Crippen LogP contribution < -0.4 is 6.15 Å². The second-order valence-electron chi connectivity index (χ2n) is 3.62. The van der Waals surface area contributed by atoms with Crippen LogP contribution in [0.15, 0.2) is 30.3 Å². The van der Waals surface area contributed by atoms with E-state index in [2.05, 4.69) is 0 Å². The van der Waals surface area contributed by atoms with Gasteiger partial charge in [-0.1, -0.05) is 30.3 Å². The summed E-state index contributed by atoms with van der Waals surface area (Å²) < 4.78 is 5.13. The summed E-state index contributed by atoms with van der Waals surface area (Å²) >= 11 is 0. The summed E-state index contributed by atoms with van der Waals surface area (Å²) in [6.45, 7) is 5.57. The zero-order chi connectivity index (χ0) is 10.6. The van der Waals surface area contributed by atoms with Crippen molar-refractivity contribution >= 4 is 5.97 Å². The Morgan fingerprint density at radius 1 is 1.13 bits per heavy atom. The molecule has 84 valence electrons. The Hall–Kier alpha value is -1.35. The van der Waals surface area contributed by atoms with E-state index in [4.69, 9.17) is 4.74 Å². The van der Waals surface area contributed by atoms with Crippen LogP contribution in [-0.2, 0) is 9.53 Å². The summed E-state index contributed by atoms with van der Waals surface area (Å²) in [5.41, 5.74) is 0.998. The molecule has 3 heteroatoms. The number of hydrogen-bond acceptors (Lipinski definition) is 3. The fourth-order valence-electron chi connectivity index (χ4n) is 1.21. The van der Waals surface area contributed by atoms with Crippen molar-refractivity contribution < 1.29 is 9.53 Å². The maximum atomic E-state index is 11.5. The Balaban J connectivity index is 0.00000196. The first-order valence-electron chi connectivity index (χ1n) is 4.86. The highest BCUT2D eigenvalue weighted by atomic mass is 16.5. The van der Waals surface area contributed by atoms with E-state index >= 15 is 0 Å². The Labute approximate surface area is 91.0 Å². The Morgan fingerprint density at radius 2 is 1.67 bits per heavy atom. The van der Waals surface area contributed by atoms with Gasteiger partial charge in [0.2, 0.25) is 0 Å². The van der Waals surface area contributed by atoms with Gasteiger partial charge in [-0.25, -0.2) is 0 Å². The fraction of sp³-hybridized carbons (Fsp3) is 0.417. The minimum absolute atomic E-state index is 0. The third-order valence-electron chi connectivity index (χ3n) is 2.00. The average Bonchev–Trinajstić information content (AvgIpc) is 2.17. The van der Waals surface area contributed by atoms with Gasteiger partial charge < -0.3 is 10.9 Å². The van der Waals surface area contributed by atoms with E-state index in [1.54, 1.807) is 0 Å². The van der Waals surface area contributed by atoms with Gasteiger partial charge in [-0.05, 0) is 26.3 Å². The molecule has 0 aliphatic carbocycles. The molecule has 0 bridgehead atoms. The molecule has 1 unspecified atom stereocenters. The van der Waals surface area contributed by atoms with E-state index in [0.29, 0.717) is 0 Å². The minimum Gasteiger partial charge on any atom is -0.463 e. The first-order valence-corrected chi connectivity index (χ1v) is 4.86. The number of rotatable bonds is 3. The largest absolute Gasteiger partial charge is 0.463 e. The standard InChI is InChI=1S/C12H16O2.H3N/c1-9(2)14-12(13)10(3)11-7-5-4-6-8-11;/h4-10H,1-3H3;1H3. The van der Waals surface area contributed by atoms with Crippen LogP contribution in [0.4, 0.5) is 0 Å². The first-order chi connectivity index (χ1) is 6.61. The van der Waals surface area contributed by atoms with E-state index in [1.165, 1.54) is 0 Å². The summed E-state index contributed by atoms with van der Waals surface area (Å²) in [5.74, 6) is -0.343. The minimum atomic E-state index is -0.182. The van der Waals surface area contributed by atoms with Crippen molar-refractivity contribution in [2.24, 2.45) is 0 Å². The van der Waals surface area contributed by atoms with Crippen LogP contribution in [0.1, 0.15) is 32.3 Å². The lowest BCUT2D eigenvalue weighted by Gasteiger charge is -2.13. The predicted octanol–water partition coefficient (Wildman–Crippen LogP) is 2.90. The quantitative estimate of drug-likeness (QED) is 0.778. The molecule has 0 radical (unpaired) electrons. The fourth-order valence-corrected chi connectivity index (χ4v) is 1.21. The summed E-state index contributed by atoms with van der Waals surface area (Å²) in [5, 5.41) is 0. The molecule has 1 aromatic carbocycles. The molecule has 0 aromatic heterocycles. The van der Waals surface area contributed by atoms with Gasteiger partial charge in [-0.15, -0.1) is 0 Å². The van der Waals surface area contributed by atoms with Gasteiger partial charge in [-0.3, -0.25) is 4.79 Å². The van der Waals surface area contributed by atoms with Crippen LogP contribution in [-0.4, -0.2) is 12.1 Å². The zero-order valence-corrected chi connectivity index (χ0v) is 9.57. The van der Waals surface area contributed by atoms with Gasteiger partial charge in [0.15, 0.2) is 0 Å². The lowest BCUT2D eigenvalue weighted by atomic mass is 10.0. The Morgan fingerprint density at radius 3 is 2.13 bits per heavy atom. The molecule has 1 aromatic rings. The van der Waals surface area contributed by atoms with Crippen LogP contribution >= 0.6 is 0 Å². The number of benzene rings is 1. The molecule has 0 spiro atoms. The summed E-state index contributed by atoms with van der Waals surface area (Å²) in [4.78, 5) is 11.5. The van der Waals surface area contributed by atoms with Crippen molar-refractivity contribution in [3.8, 4) is 0 Å². The predicted molar refractivity (Wildman–Crippen MR) is 61.1 cm³/mol. The third-order valence-corrected chi connectivity index (χ3v) is 2.00. The van der Waals surface area contributed by atoms with Crippen molar-refractivity contribution in [3.05, 3.63) is 35.9 Å². The molecular formula is C12H19NO2. The molecule has 0 aliphatic heterocycles. The highest BCUT2D eigenvalue weighted by molar-refractivity contribution is 5.77. The number of ether oxygens (including phenoxy) is 1. The second-order valence-corrected chi connectivity index (χ2v) is 3.62. The van der Waals surface area contributed by atoms with Crippen molar-refractivity contribution in [2.45, 2.75) is 32.8 Å². The van der Waals surface area contributed by atoms with Gasteiger partial charge in [0.25, 0.3) is 0 Å². The topological polar surface area (TPSA) is 61.3 Å². The molecule has 0 amide bonds. The molecule has 0 aliphatic rings. The van der Waals surface area contributed by atoms with Crippen molar-refractivity contribution in [1.82, 2.24) is 6.15 Å². The van der Waals surface area contributed by atoms with E-state index in [-0.39, 0.29) is 24.1 Å². The Kier molecular flexibility index (Phi) is 5.64. The van der Waals surface area contributed by atoms with Crippen molar-refractivity contribution in [3.63, 3.8) is 0 Å². The molecule has 0 saturated heterocycles. The molecular weight excluding hydrogens is 190 g/mol. The normalized spacial score (nSPS) is 11.7.